The van der Waals surface area contributed by atoms with Crippen molar-refractivity contribution in [3.63, 3.8) is 0 Å². The summed E-state index contributed by atoms with van der Waals surface area (Å²) in [6.07, 6.45) is 5.64. The first-order chi connectivity index (χ1) is 12.2. The van der Waals surface area contributed by atoms with Gasteiger partial charge in [0.05, 0.1) is 14.2 Å². The number of carbonyl (C=O) groups excluding carboxylic acids is 1. The highest BCUT2D eigenvalue weighted by molar-refractivity contribution is 5.92. The third-order valence-electron chi connectivity index (χ3n) is 4.29. The molecule has 4 heteroatoms. The van der Waals surface area contributed by atoms with Gasteiger partial charge in [0, 0.05) is 18.7 Å². The first-order valence-corrected chi connectivity index (χ1v) is 8.46. The van der Waals surface area contributed by atoms with Gasteiger partial charge in [0.15, 0.2) is 11.5 Å². The Morgan fingerprint density at radius 1 is 1.08 bits per heavy atom. The van der Waals surface area contributed by atoms with Gasteiger partial charge in [-0.2, -0.15) is 0 Å². The van der Waals surface area contributed by atoms with Crippen LogP contribution in [-0.4, -0.2) is 31.1 Å². The zero-order valence-electron chi connectivity index (χ0n) is 14.6. The van der Waals surface area contributed by atoms with Gasteiger partial charge in [0.1, 0.15) is 0 Å². The van der Waals surface area contributed by atoms with E-state index in [1.807, 2.05) is 47.4 Å². The Bertz CT molecular complexity index is 751. The molecule has 1 aliphatic rings. The van der Waals surface area contributed by atoms with Crippen LogP contribution in [-0.2, 0) is 11.3 Å². The molecule has 0 N–H and O–H groups in total. The van der Waals surface area contributed by atoms with Crippen molar-refractivity contribution in [2.24, 2.45) is 0 Å². The monoisotopic (exact) mass is 337 g/mol. The Balaban J connectivity index is 1.72. The minimum absolute atomic E-state index is 0.0427. The third kappa shape index (κ3) is 4.41. The van der Waals surface area contributed by atoms with Crippen molar-refractivity contribution < 1.29 is 14.3 Å². The fourth-order valence-corrected chi connectivity index (χ4v) is 2.77. The SMILES string of the molecule is COc1ccc(/C=C/C(=O)N(Cc2ccccc2)C2CC2)cc1OC. The van der Waals surface area contributed by atoms with Crippen LogP contribution in [0.5, 0.6) is 11.5 Å². The fraction of sp³-hybridized carbons (Fsp3) is 0.286. The minimum atomic E-state index is 0.0427. The van der Waals surface area contributed by atoms with Crippen molar-refractivity contribution in [3.8, 4) is 11.5 Å². The number of amides is 1. The zero-order chi connectivity index (χ0) is 17.6. The lowest BCUT2D eigenvalue weighted by molar-refractivity contribution is -0.127. The van der Waals surface area contributed by atoms with Crippen LogP contribution in [0.15, 0.2) is 54.6 Å². The molecule has 0 spiro atoms. The van der Waals surface area contributed by atoms with Gasteiger partial charge >= 0.3 is 0 Å². The molecule has 25 heavy (non-hydrogen) atoms. The maximum Gasteiger partial charge on any atom is 0.247 e. The van der Waals surface area contributed by atoms with Gasteiger partial charge in [-0.25, -0.2) is 0 Å². The molecule has 2 aromatic carbocycles. The molecule has 2 aromatic rings. The standard InChI is InChI=1S/C21H23NO3/c1-24-19-12-8-16(14-20(19)25-2)9-13-21(23)22(18-10-11-18)15-17-6-4-3-5-7-17/h3-9,12-14,18H,10-11,15H2,1-2H3/b13-9+. The average molecular weight is 337 g/mol. The lowest BCUT2D eigenvalue weighted by atomic mass is 10.1. The number of methoxy groups -OCH3 is 2. The number of nitrogens with zero attached hydrogens (tertiary/aromatic N) is 1. The van der Waals surface area contributed by atoms with Crippen LogP contribution in [0.2, 0.25) is 0 Å². The highest BCUT2D eigenvalue weighted by atomic mass is 16.5. The summed E-state index contributed by atoms with van der Waals surface area (Å²) in [6.45, 7) is 0.653. The maximum atomic E-state index is 12.7. The minimum Gasteiger partial charge on any atom is -0.493 e. The molecule has 0 atom stereocenters. The third-order valence-corrected chi connectivity index (χ3v) is 4.29. The smallest absolute Gasteiger partial charge is 0.247 e. The van der Waals surface area contributed by atoms with Gasteiger partial charge in [0.25, 0.3) is 0 Å². The molecule has 1 saturated carbocycles. The second kappa shape index (κ2) is 7.88. The van der Waals surface area contributed by atoms with Gasteiger partial charge < -0.3 is 14.4 Å². The summed E-state index contributed by atoms with van der Waals surface area (Å²) in [7, 11) is 3.21. The van der Waals surface area contributed by atoms with E-state index in [1.165, 1.54) is 0 Å². The van der Waals surface area contributed by atoms with Crippen LogP contribution in [0.1, 0.15) is 24.0 Å². The zero-order valence-corrected chi connectivity index (χ0v) is 14.6. The molecule has 1 aliphatic carbocycles. The van der Waals surface area contributed by atoms with E-state index in [4.69, 9.17) is 9.47 Å². The molecule has 0 bridgehead atoms. The Labute approximate surface area is 148 Å². The quantitative estimate of drug-likeness (QED) is 0.719. The summed E-state index contributed by atoms with van der Waals surface area (Å²) in [6, 6.07) is 16.1. The number of rotatable bonds is 7. The molecule has 0 unspecified atom stereocenters. The topological polar surface area (TPSA) is 38.8 Å². The average Bonchev–Trinajstić information content (AvgIpc) is 3.49. The number of ether oxygens (including phenoxy) is 2. The Morgan fingerprint density at radius 2 is 1.80 bits per heavy atom. The van der Waals surface area contributed by atoms with E-state index in [0.717, 1.165) is 24.0 Å². The lowest BCUT2D eigenvalue weighted by Crippen LogP contribution is -2.31. The second-order valence-electron chi connectivity index (χ2n) is 6.13. The predicted octanol–water partition coefficient (Wildman–Crippen LogP) is 3.91. The van der Waals surface area contributed by atoms with Crippen molar-refractivity contribution in [1.29, 1.82) is 0 Å². The summed E-state index contributed by atoms with van der Waals surface area (Å²) in [4.78, 5) is 14.6. The lowest BCUT2D eigenvalue weighted by Gasteiger charge is -2.21. The molecular weight excluding hydrogens is 314 g/mol. The Kier molecular flexibility index (Phi) is 5.39. The maximum absolute atomic E-state index is 12.7. The van der Waals surface area contributed by atoms with Crippen LogP contribution >= 0.6 is 0 Å². The molecule has 1 amide bonds. The second-order valence-corrected chi connectivity index (χ2v) is 6.13. The molecule has 0 radical (unpaired) electrons. The van der Waals surface area contributed by atoms with Crippen molar-refractivity contribution >= 4 is 12.0 Å². The number of benzene rings is 2. The van der Waals surface area contributed by atoms with Crippen LogP contribution in [0.25, 0.3) is 6.08 Å². The van der Waals surface area contributed by atoms with Gasteiger partial charge in [-0.1, -0.05) is 36.4 Å². The molecule has 0 aliphatic heterocycles. The molecule has 4 nitrogen and oxygen atoms in total. The van der Waals surface area contributed by atoms with E-state index >= 15 is 0 Å². The fourth-order valence-electron chi connectivity index (χ4n) is 2.77. The van der Waals surface area contributed by atoms with Gasteiger partial charge in [-0.3, -0.25) is 4.79 Å². The molecule has 3 rings (SSSR count). The molecule has 0 saturated heterocycles. The molecule has 0 aromatic heterocycles. The van der Waals surface area contributed by atoms with Gasteiger partial charge in [-0.15, -0.1) is 0 Å². The summed E-state index contributed by atoms with van der Waals surface area (Å²) in [5.74, 6) is 1.37. The van der Waals surface area contributed by atoms with Crippen molar-refractivity contribution in [2.45, 2.75) is 25.4 Å². The van der Waals surface area contributed by atoms with E-state index in [9.17, 15) is 4.79 Å². The summed E-state index contributed by atoms with van der Waals surface area (Å²) in [5.41, 5.74) is 2.06. The summed E-state index contributed by atoms with van der Waals surface area (Å²) in [5, 5.41) is 0. The molecule has 0 heterocycles. The largest absolute Gasteiger partial charge is 0.493 e. The van der Waals surface area contributed by atoms with E-state index < -0.39 is 0 Å². The van der Waals surface area contributed by atoms with Crippen molar-refractivity contribution in [2.75, 3.05) is 14.2 Å². The van der Waals surface area contributed by atoms with Crippen LogP contribution < -0.4 is 9.47 Å². The van der Waals surface area contributed by atoms with E-state index in [0.29, 0.717) is 24.1 Å². The van der Waals surface area contributed by atoms with E-state index in [1.54, 1.807) is 20.3 Å². The summed E-state index contributed by atoms with van der Waals surface area (Å²) < 4.78 is 10.5. The summed E-state index contributed by atoms with van der Waals surface area (Å²) >= 11 is 0. The number of hydrogen-bond donors (Lipinski definition) is 0. The first-order valence-electron chi connectivity index (χ1n) is 8.46. The predicted molar refractivity (Wildman–Crippen MR) is 98.6 cm³/mol. The van der Waals surface area contributed by atoms with Crippen molar-refractivity contribution in [3.05, 3.63) is 65.7 Å². The van der Waals surface area contributed by atoms with Gasteiger partial charge in [-0.05, 0) is 42.2 Å². The van der Waals surface area contributed by atoms with Crippen LogP contribution in [0.3, 0.4) is 0 Å². The van der Waals surface area contributed by atoms with Crippen molar-refractivity contribution in [1.82, 2.24) is 4.90 Å². The normalized spacial score (nSPS) is 13.7. The Hall–Kier alpha value is -2.75. The first kappa shape index (κ1) is 17.1. The van der Waals surface area contributed by atoms with Gasteiger partial charge in [0.2, 0.25) is 5.91 Å². The van der Waals surface area contributed by atoms with Crippen LogP contribution in [0.4, 0.5) is 0 Å². The Morgan fingerprint density at radius 3 is 2.44 bits per heavy atom. The van der Waals surface area contributed by atoms with E-state index in [-0.39, 0.29) is 5.91 Å². The molecular formula is C21H23NO3. The molecule has 130 valence electrons. The number of carbonyl (C=O) groups is 1. The van der Waals surface area contributed by atoms with E-state index in [2.05, 4.69) is 12.1 Å². The van der Waals surface area contributed by atoms with Crippen LogP contribution in [0, 0.1) is 0 Å². The highest BCUT2D eigenvalue weighted by Crippen LogP contribution is 2.30. The number of hydrogen-bond acceptors (Lipinski definition) is 3. The molecule has 1 fully saturated rings. The highest BCUT2D eigenvalue weighted by Gasteiger charge is 2.31.